The second kappa shape index (κ2) is 7.85. The molecule has 0 amide bonds. The molecule has 2 aromatic heterocycles. The van der Waals surface area contributed by atoms with Crippen LogP contribution in [-0.2, 0) is 11.3 Å². The van der Waals surface area contributed by atoms with Gasteiger partial charge in [0.15, 0.2) is 5.13 Å². The number of nitrogens with one attached hydrogen (secondary N) is 1. The van der Waals surface area contributed by atoms with Crippen LogP contribution in [0.2, 0.25) is 0 Å². The van der Waals surface area contributed by atoms with Crippen LogP contribution in [0.4, 0.5) is 5.13 Å². The zero-order chi connectivity index (χ0) is 17.1. The summed E-state index contributed by atoms with van der Waals surface area (Å²) < 4.78 is 8.10. The van der Waals surface area contributed by atoms with Gasteiger partial charge in [-0.15, -0.1) is 11.3 Å². The van der Waals surface area contributed by atoms with E-state index >= 15 is 0 Å². The van der Waals surface area contributed by atoms with Gasteiger partial charge in [0, 0.05) is 61.7 Å². The van der Waals surface area contributed by atoms with Gasteiger partial charge in [0.2, 0.25) is 0 Å². The zero-order valence-electron chi connectivity index (χ0n) is 14.8. The highest BCUT2D eigenvalue weighted by Gasteiger charge is 2.31. The van der Waals surface area contributed by atoms with Crippen molar-refractivity contribution in [1.29, 1.82) is 0 Å². The fourth-order valence-electron chi connectivity index (χ4n) is 3.89. The van der Waals surface area contributed by atoms with Crippen LogP contribution in [0.3, 0.4) is 0 Å². The van der Waals surface area contributed by atoms with Gasteiger partial charge in [-0.3, -0.25) is 4.68 Å². The van der Waals surface area contributed by atoms with Crippen molar-refractivity contribution in [3.63, 3.8) is 0 Å². The second-order valence-corrected chi connectivity index (χ2v) is 7.79. The van der Waals surface area contributed by atoms with E-state index in [1.54, 1.807) is 11.3 Å². The second-order valence-electron chi connectivity index (χ2n) is 6.91. The van der Waals surface area contributed by atoms with Crippen LogP contribution in [0.5, 0.6) is 0 Å². The standard InChI is InChI=1S/C18H27N5OS/c1-2-23-13-14(12-20-23)17-16(4-3-10-24-17)21-15-5-8-22(9-6-15)18-19-7-11-25-18/h7,11-13,15-17,21H,2-6,8-10H2,1H3/t16-,17+/m0/s1. The first-order valence-corrected chi connectivity index (χ1v) is 10.3. The molecule has 0 aliphatic carbocycles. The van der Waals surface area contributed by atoms with Gasteiger partial charge in [-0.05, 0) is 32.6 Å². The molecule has 1 N–H and O–H groups in total. The SMILES string of the molecule is CCn1cc([C@H]2OCCC[C@@H]2NC2CCN(c3nccs3)CC2)cn1. The summed E-state index contributed by atoms with van der Waals surface area (Å²) in [5.41, 5.74) is 1.21. The third-order valence-electron chi connectivity index (χ3n) is 5.26. The van der Waals surface area contributed by atoms with E-state index in [1.807, 2.05) is 17.1 Å². The van der Waals surface area contributed by atoms with Crippen LogP contribution in [-0.4, -0.2) is 46.5 Å². The average molecular weight is 362 g/mol. The summed E-state index contributed by atoms with van der Waals surface area (Å²) in [7, 11) is 0. The van der Waals surface area contributed by atoms with Crippen molar-refractivity contribution < 1.29 is 4.74 Å². The fourth-order valence-corrected chi connectivity index (χ4v) is 4.59. The maximum atomic E-state index is 6.12. The van der Waals surface area contributed by atoms with Gasteiger partial charge < -0.3 is 15.0 Å². The van der Waals surface area contributed by atoms with Crippen molar-refractivity contribution in [2.24, 2.45) is 0 Å². The predicted octanol–water partition coefficient (Wildman–Crippen LogP) is 2.84. The van der Waals surface area contributed by atoms with Crippen LogP contribution < -0.4 is 10.2 Å². The fraction of sp³-hybridized carbons (Fsp3) is 0.667. The van der Waals surface area contributed by atoms with Crippen molar-refractivity contribution in [3.05, 3.63) is 29.5 Å². The molecule has 0 spiro atoms. The smallest absolute Gasteiger partial charge is 0.185 e. The average Bonchev–Trinajstić information content (AvgIpc) is 3.35. The monoisotopic (exact) mass is 361 g/mol. The number of rotatable bonds is 5. The number of anilines is 1. The first kappa shape index (κ1) is 17.0. The summed E-state index contributed by atoms with van der Waals surface area (Å²) >= 11 is 1.73. The molecule has 0 radical (unpaired) electrons. The number of aromatic nitrogens is 3. The number of aryl methyl sites for hydroxylation is 1. The Balaban J connectivity index is 1.36. The summed E-state index contributed by atoms with van der Waals surface area (Å²) in [4.78, 5) is 6.84. The minimum atomic E-state index is 0.131. The molecule has 136 valence electrons. The van der Waals surface area contributed by atoms with Crippen LogP contribution in [0.15, 0.2) is 24.0 Å². The number of piperidine rings is 1. The molecular weight excluding hydrogens is 334 g/mol. The first-order chi connectivity index (χ1) is 12.3. The molecule has 2 atom stereocenters. The topological polar surface area (TPSA) is 55.2 Å². The molecule has 0 aromatic carbocycles. The van der Waals surface area contributed by atoms with Crippen molar-refractivity contribution >= 4 is 16.5 Å². The maximum absolute atomic E-state index is 6.12. The lowest BCUT2D eigenvalue weighted by molar-refractivity contribution is -0.0147. The van der Waals surface area contributed by atoms with Gasteiger partial charge in [-0.2, -0.15) is 5.10 Å². The van der Waals surface area contributed by atoms with Gasteiger partial charge in [0.25, 0.3) is 0 Å². The lowest BCUT2D eigenvalue weighted by Gasteiger charge is -2.38. The van der Waals surface area contributed by atoms with Crippen molar-refractivity contribution in [2.45, 2.75) is 57.3 Å². The summed E-state index contributed by atoms with van der Waals surface area (Å²) in [6, 6.07) is 0.950. The molecule has 4 rings (SSSR count). The van der Waals surface area contributed by atoms with E-state index in [1.165, 1.54) is 12.0 Å². The van der Waals surface area contributed by atoms with Crippen molar-refractivity contribution in [3.8, 4) is 0 Å². The minimum absolute atomic E-state index is 0.131. The number of hydrogen-bond donors (Lipinski definition) is 1. The number of nitrogens with zero attached hydrogens (tertiary/aromatic N) is 4. The Bertz CT molecular complexity index is 650. The quantitative estimate of drug-likeness (QED) is 0.887. The molecular formula is C18H27N5OS. The normalized spacial score (nSPS) is 25.4. The van der Waals surface area contributed by atoms with Crippen molar-refractivity contribution in [2.75, 3.05) is 24.6 Å². The summed E-state index contributed by atoms with van der Waals surface area (Å²) in [6.45, 7) is 6.03. The van der Waals surface area contributed by atoms with E-state index in [4.69, 9.17) is 4.74 Å². The molecule has 25 heavy (non-hydrogen) atoms. The van der Waals surface area contributed by atoms with E-state index in [0.717, 1.165) is 50.6 Å². The van der Waals surface area contributed by atoms with E-state index < -0.39 is 0 Å². The van der Waals surface area contributed by atoms with Gasteiger partial charge in [0.05, 0.1) is 6.20 Å². The number of ether oxygens (including phenoxy) is 1. The molecule has 0 saturated carbocycles. The summed E-state index contributed by atoms with van der Waals surface area (Å²) in [5.74, 6) is 0. The highest BCUT2D eigenvalue weighted by atomic mass is 32.1. The number of hydrogen-bond acceptors (Lipinski definition) is 6. The molecule has 2 saturated heterocycles. The highest BCUT2D eigenvalue weighted by molar-refractivity contribution is 7.13. The van der Waals surface area contributed by atoms with Gasteiger partial charge in [0.1, 0.15) is 6.10 Å². The van der Waals surface area contributed by atoms with Crippen LogP contribution in [0.25, 0.3) is 0 Å². The predicted molar refractivity (Wildman–Crippen MR) is 100 cm³/mol. The first-order valence-electron chi connectivity index (χ1n) is 9.38. The van der Waals surface area contributed by atoms with Gasteiger partial charge >= 0.3 is 0 Å². The molecule has 2 aliphatic rings. The Morgan fingerprint density at radius 3 is 2.92 bits per heavy atom. The minimum Gasteiger partial charge on any atom is -0.372 e. The van der Waals surface area contributed by atoms with Gasteiger partial charge in [-0.1, -0.05) is 0 Å². The van der Waals surface area contributed by atoms with E-state index in [0.29, 0.717) is 12.1 Å². The molecule has 0 bridgehead atoms. The summed E-state index contributed by atoms with van der Waals surface area (Å²) in [5, 5.41) is 11.5. The molecule has 6 nitrogen and oxygen atoms in total. The molecule has 7 heteroatoms. The number of thiazole rings is 1. The lowest BCUT2D eigenvalue weighted by Crippen LogP contribution is -2.49. The molecule has 2 aliphatic heterocycles. The van der Waals surface area contributed by atoms with Crippen LogP contribution in [0.1, 0.15) is 44.3 Å². The maximum Gasteiger partial charge on any atom is 0.185 e. The van der Waals surface area contributed by atoms with E-state index in [2.05, 4.69) is 38.8 Å². The Labute approximate surface area is 153 Å². The van der Waals surface area contributed by atoms with Crippen molar-refractivity contribution in [1.82, 2.24) is 20.1 Å². The molecule has 4 heterocycles. The molecule has 2 fully saturated rings. The molecule has 2 aromatic rings. The Hall–Kier alpha value is -1.44. The third kappa shape index (κ3) is 3.88. The Kier molecular flexibility index (Phi) is 5.33. The van der Waals surface area contributed by atoms with E-state index in [-0.39, 0.29) is 6.10 Å². The zero-order valence-corrected chi connectivity index (χ0v) is 15.6. The van der Waals surface area contributed by atoms with Crippen LogP contribution >= 0.6 is 11.3 Å². The Morgan fingerprint density at radius 2 is 2.20 bits per heavy atom. The highest BCUT2D eigenvalue weighted by Crippen LogP contribution is 2.30. The largest absolute Gasteiger partial charge is 0.372 e. The van der Waals surface area contributed by atoms with Gasteiger partial charge in [-0.25, -0.2) is 4.98 Å². The third-order valence-corrected chi connectivity index (χ3v) is 6.09. The van der Waals surface area contributed by atoms with Crippen LogP contribution in [0, 0.1) is 0 Å². The molecule has 0 unspecified atom stereocenters. The Morgan fingerprint density at radius 1 is 1.32 bits per heavy atom. The van der Waals surface area contributed by atoms with E-state index in [9.17, 15) is 0 Å². The summed E-state index contributed by atoms with van der Waals surface area (Å²) in [6.07, 6.45) is 10.8. The lowest BCUT2D eigenvalue weighted by atomic mass is 9.95.